The predicted octanol–water partition coefficient (Wildman–Crippen LogP) is 3.37. The van der Waals surface area contributed by atoms with E-state index in [-0.39, 0.29) is 23.5 Å². The van der Waals surface area contributed by atoms with Crippen molar-refractivity contribution in [2.24, 2.45) is 5.92 Å². The van der Waals surface area contributed by atoms with E-state index in [1.165, 1.54) is 30.5 Å². The average Bonchev–Trinajstić information content (AvgIpc) is 2.64. The van der Waals surface area contributed by atoms with E-state index in [1.807, 2.05) is 0 Å². The van der Waals surface area contributed by atoms with Crippen LogP contribution >= 0.6 is 11.6 Å². The fraction of sp³-hybridized carbons (Fsp3) is 0.278. The molecule has 1 fully saturated rings. The average molecular weight is 362 g/mol. The van der Waals surface area contributed by atoms with Crippen LogP contribution in [0, 0.1) is 11.7 Å². The Morgan fingerprint density at radius 1 is 1.20 bits per heavy atom. The van der Waals surface area contributed by atoms with Crippen LogP contribution in [0.25, 0.3) is 0 Å². The van der Waals surface area contributed by atoms with Crippen LogP contribution in [0.3, 0.4) is 0 Å². The topological polar surface area (TPSA) is 62.3 Å². The SMILES string of the molecule is O=C(Nc1ccc(Cl)cn1)C1CCCN(C(=O)c2ccc(F)cc2)C1. The van der Waals surface area contributed by atoms with E-state index in [0.717, 1.165) is 6.42 Å². The fourth-order valence-corrected chi connectivity index (χ4v) is 2.94. The summed E-state index contributed by atoms with van der Waals surface area (Å²) in [6.45, 7) is 0.912. The first kappa shape index (κ1) is 17.4. The maximum Gasteiger partial charge on any atom is 0.253 e. The quantitative estimate of drug-likeness (QED) is 0.911. The van der Waals surface area contributed by atoms with Gasteiger partial charge < -0.3 is 10.2 Å². The lowest BCUT2D eigenvalue weighted by atomic mass is 9.96. The highest BCUT2D eigenvalue weighted by atomic mass is 35.5. The number of pyridine rings is 1. The van der Waals surface area contributed by atoms with Gasteiger partial charge in [0.15, 0.2) is 0 Å². The predicted molar refractivity (Wildman–Crippen MR) is 92.9 cm³/mol. The first-order chi connectivity index (χ1) is 12.0. The van der Waals surface area contributed by atoms with E-state index >= 15 is 0 Å². The van der Waals surface area contributed by atoms with E-state index in [1.54, 1.807) is 17.0 Å². The molecule has 0 radical (unpaired) electrons. The van der Waals surface area contributed by atoms with Crippen molar-refractivity contribution in [3.05, 3.63) is 59.0 Å². The smallest absolute Gasteiger partial charge is 0.253 e. The molecule has 1 N–H and O–H groups in total. The number of anilines is 1. The summed E-state index contributed by atoms with van der Waals surface area (Å²) in [5, 5.41) is 3.24. The van der Waals surface area contributed by atoms with Crippen molar-refractivity contribution in [1.82, 2.24) is 9.88 Å². The molecule has 3 rings (SSSR count). The number of hydrogen-bond donors (Lipinski definition) is 1. The van der Waals surface area contributed by atoms with Gasteiger partial charge in [0.2, 0.25) is 5.91 Å². The largest absolute Gasteiger partial charge is 0.338 e. The van der Waals surface area contributed by atoms with Gasteiger partial charge in [-0.15, -0.1) is 0 Å². The Hall–Kier alpha value is -2.47. The minimum absolute atomic E-state index is 0.175. The molecule has 5 nitrogen and oxygen atoms in total. The highest BCUT2D eigenvalue weighted by Crippen LogP contribution is 2.20. The summed E-state index contributed by atoms with van der Waals surface area (Å²) in [4.78, 5) is 30.6. The number of hydrogen-bond acceptors (Lipinski definition) is 3. The van der Waals surface area contributed by atoms with Crippen molar-refractivity contribution in [3.8, 4) is 0 Å². The van der Waals surface area contributed by atoms with Crippen LogP contribution in [0.1, 0.15) is 23.2 Å². The number of aromatic nitrogens is 1. The van der Waals surface area contributed by atoms with Crippen LogP contribution in [0.15, 0.2) is 42.6 Å². The lowest BCUT2D eigenvalue weighted by Crippen LogP contribution is -2.43. The number of likely N-dealkylation sites (tertiary alicyclic amines) is 1. The number of carbonyl (C=O) groups is 2. The molecule has 0 saturated carbocycles. The molecule has 2 heterocycles. The van der Waals surface area contributed by atoms with Crippen molar-refractivity contribution in [3.63, 3.8) is 0 Å². The van der Waals surface area contributed by atoms with Gasteiger partial charge in [-0.3, -0.25) is 9.59 Å². The summed E-state index contributed by atoms with van der Waals surface area (Å²) >= 11 is 5.78. The number of rotatable bonds is 3. The molecule has 1 atom stereocenters. The monoisotopic (exact) mass is 361 g/mol. The van der Waals surface area contributed by atoms with Gasteiger partial charge in [0, 0.05) is 24.8 Å². The zero-order valence-electron chi connectivity index (χ0n) is 13.4. The van der Waals surface area contributed by atoms with Gasteiger partial charge in [-0.1, -0.05) is 11.6 Å². The van der Waals surface area contributed by atoms with Gasteiger partial charge in [0.1, 0.15) is 11.6 Å². The maximum atomic E-state index is 13.0. The summed E-state index contributed by atoms with van der Waals surface area (Å²) in [7, 11) is 0. The summed E-state index contributed by atoms with van der Waals surface area (Å²) in [5.74, 6) is -0.636. The molecule has 130 valence electrons. The van der Waals surface area contributed by atoms with Crippen molar-refractivity contribution >= 4 is 29.2 Å². The second kappa shape index (κ2) is 7.61. The molecule has 1 unspecified atom stereocenters. The van der Waals surface area contributed by atoms with Crippen LogP contribution < -0.4 is 5.32 Å². The summed E-state index contributed by atoms with van der Waals surface area (Å²) in [6, 6.07) is 8.71. The Morgan fingerprint density at radius 3 is 2.64 bits per heavy atom. The molecule has 1 saturated heterocycles. The van der Waals surface area contributed by atoms with Crippen LogP contribution in [-0.4, -0.2) is 34.8 Å². The number of amides is 2. The minimum atomic E-state index is -0.386. The number of piperidine rings is 1. The van der Waals surface area contributed by atoms with Gasteiger partial charge in [-0.2, -0.15) is 0 Å². The normalized spacial score (nSPS) is 17.2. The Kier molecular flexibility index (Phi) is 5.28. The molecule has 1 aliphatic heterocycles. The molecule has 7 heteroatoms. The Bertz CT molecular complexity index is 765. The summed E-state index contributed by atoms with van der Waals surface area (Å²) in [5.41, 5.74) is 0.418. The van der Waals surface area contributed by atoms with E-state index in [0.29, 0.717) is 35.9 Å². The van der Waals surface area contributed by atoms with Gasteiger partial charge in [-0.05, 0) is 49.2 Å². The highest BCUT2D eigenvalue weighted by molar-refractivity contribution is 6.30. The third kappa shape index (κ3) is 4.33. The summed E-state index contributed by atoms with van der Waals surface area (Å²) < 4.78 is 13.0. The molecule has 0 aliphatic carbocycles. The molecule has 2 aromatic rings. The number of benzene rings is 1. The molecule has 1 aliphatic rings. The fourth-order valence-electron chi connectivity index (χ4n) is 2.83. The number of nitrogens with zero attached hydrogens (tertiary/aromatic N) is 2. The van der Waals surface area contributed by atoms with Crippen molar-refractivity contribution in [2.45, 2.75) is 12.8 Å². The van der Waals surface area contributed by atoms with E-state index in [2.05, 4.69) is 10.3 Å². The number of carbonyl (C=O) groups excluding carboxylic acids is 2. The van der Waals surface area contributed by atoms with Gasteiger partial charge in [0.05, 0.1) is 10.9 Å². The Morgan fingerprint density at radius 2 is 1.96 bits per heavy atom. The molecule has 2 amide bonds. The molecule has 1 aromatic carbocycles. The molecule has 0 bridgehead atoms. The number of nitrogens with one attached hydrogen (secondary N) is 1. The third-order valence-electron chi connectivity index (χ3n) is 4.15. The van der Waals surface area contributed by atoms with Crippen LogP contribution in [0.2, 0.25) is 5.02 Å². The Labute approximate surface area is 149 Å². The number of halogens is 2. The second-order valence-corrected chi connectivity index (χ2v) is 6.38. The molecular formula is C18H17ClFN3O2. The van der Waals surface area contributed by atoms with Crippen molar-refractivity contribution < 1.29 is 14.0 Å². The molecule has 1 aromatic heterocycles. The molecule has 0 spiro atoms. The zero-order chi connectivity index (χ0) is 17.8. The van der Waals surface area contributed by atoms with Crippen LogP contribution in [0.4, 0.5) is 10.2 Å². The van der Waals surface area contributed by atoms with E-state index in [4.69, 9.17) is 11.6 Å². The minimum Gasteiger partial charge on any atom is -0.338 e. The third-order valence-corrected chi connectivity index (χ3v) is 4.37. The van der Waals surface area contributed by atoms with Crippen LogP contribution in [-0.2, 0) is 4.79 Å². The van der Waals surface area contributed by atoms with E-state index < -0.39 is 0 Å². The van der Waals surface area contributed by atoms with Crippen LogP contribution in [0.5, 0.6) is 0 Å². The lowest BCUT2D eigenvalue weighted by Gasteiger charge is -2.32. The second-order valence-electron chi connectivity index (χ2n) is 5.95. The standard InChI is InChI=1S/C18H17ClFN3O2/c19-14-5-8-16(21-10-14)22-17(24)13-2-1-9-23(11-13)18(25)12-3-6-15(20)7-4-12/h3-8,10,13H,1-2,9,11H2,(H,21,22,24). The first-order valence-corrected chi connectivity index (χ1v) is 8.38. The van der Waals surface area contributed by atoms with E-state index in [9.17, 15) is 14.0 Å². The zero-order valence-corrected chi connectivity index (χ0v) is 14.2. The highest BCUT2D eigenvalue weighted by Gasteiger charge is 2.29. The van der Waals surface area contributed by atoms with Gasteiger partial charge in [0.25, 0.3) is 5.91 Å². The first-order valence-electron chi connectivity index (χ1n) is 8.00. The Balaban J connectivity index is 1.63. The van der Waals surface area contributed by atoms with Gasteiger partial charge in [-0.25, -0.2) is 9.37 Å². The maximum absolute atomic E-state index is 13.0. The summed E-state index contributed by atoms with van der Waals surface area (Å²) in [6.07, 6.45) is 2.90. The molecule has 25 heavy (non-hydrogen) atoms. The van der Waals surface area contributed by atoms with Crippen molar-refractivity contribution in [1.29, 1.82) is 0 Å². The molecular weight excluding hydrogens is 345 g/mol. The lowest BCUT2D eigenvalue weighted by molar-refractivity contribution is -0.121. The van der Waals surface area contributed by atoms with Crippen molar-refractivity contribution in [2.75, 3.05) is 18.4 Å². The van der Waals surface area contributed by atoms with Gasteiger partial charge >= 0.3 is 0 Å².